The van der Waals surface area contributed by atoms with Crippen LogP contribution in [0.4, 0.5) is 5.69 Å². The van der Waals surface area contributed by atoms with E-state index in [2.05, 4.69) is 10.3 Å². The van der Waals surface area contributed by atoms with Crippen molar-refractivity contribution in [2.75, 3.05) is 12.8 Å². The van der Waals surface area contributed by atoms with Crippen LogP contribution < -0.4 is 16.0 Å². The van der Waals surface area contributed by atoms with E-state index in [4.69, 9.17) is 10.5 Å². The van der Waals surface area contributed by atoms with E-state index in [1.165, 1.54) is 4.68 Å². The lowest BCUT2D eigenvalue weighted by Crippen LogP contribution is -2.16. The van der Waals surface area contributed by atoms with Gasteiger partial charge in [0.25, 0.3) is 5.56 Å². The SMILES string of the molecule is COc1ccc(-c2n[nH]n(-c3ccccc3N)c2=O)cc1. The van der Waals surface area contributed by atoms with E-state index in [1.807, 2.05) is 12.1 Å². The summed E-state index contributed by atoms with van der Waals surface area (Å²) >= 11 is 0. The topological polar surface area (TPSA) is 85.9 Å². The van der Waals surface area contributed by atoms with Crippen LogP contribution in [-0.2, 0) is 0 Å². The highest BCUT2D eigenvalue weighted by atomic mass is 16.5. The number of aromatic amines is 1. The van der Waals surface area contributed by atoms with Crippen LogP contribution in [0.25, 0.3) is 16.9 Å². The number of hydrogen-bond acceptors (Lipinski definition) is 4. The number of nitrogens with zero attached hydrogens (tertiary/aromatic N) is 2. The summed E-state index contributed by atoms with van der Waals surface area (Å²) in [5.74, 6) is 0.724. The average molecular weight is 282 g/mol. The molecule has 6 heteroatoms. The first kappa shape index (κ1) is 13.0. The summed E-state index contributed by atoms with van der Waals surface area (Å²) in [7, 11) is 1.59. The van der Waals surface area contributed by atoms with Crippen molar-refractivity contribution in [3.63, 3.8) is 0 Å². The van der Waals surface area contributed by atoms with Crippen LogP contribution in [0.15, 0.2) is 53.3 Å². The van der Waals surface area contributed by atoms with E-state index in [-0.39, 0.29) is 5.56 Å². The molecule has 0 bridgehead atoms. The number of hydrogen-bond donors (Lipinski definition) is 2. The number of anilines is 1. The maximum absolute atomic E-state index is 12.5. The molecule has 2 aromatic carbocycles. The lowest BCUT2D eigenvalue weighted by Gasteiger charge is -2.03. The second kappa shape index (κ2) is 5.16. The molecule has 0 saturated heterocycles. The first-order valence-corrected chi connectivity index (χ1v) is 6.37. The fourth-order valence-corrected chi connectivity index (χ4v) is 2.09. The fourth-order valence-electron chi connectivity index (χ4n) is 2.09. The van der Waals surface area contributed by atoms with Crippen molar-refractivity contribution in [1.29, 1.82) is 0 Å². The molecule has 0 aliphatic carbocycles. The van der Waals surface area contributed by atoms with Crippen LogP contribution in [0.1, 0.15) is 0 Å². The molecule has 1 aromatic heterocycles. The summed E-state index contributed by atoms with van der Waals surface area (Å²) < 4.78 is 6.43. The van der Waals surface area contributed by atoms with Gasteiger partial charge in [-0.3, -0.25) is 4.79 Å². The Morgan fingerprint density at radius 1 is 1.14 bits per heavy atom. The number of rotatable bonds is 3. The Balaban J connectivity index is 2.07. The van der Waals surface area contributed by atoms with Gasteiger partial charge in [0.1, 0.15) is 5.75 Å². The summed E-state index contributed by atoms with van der Waals surface area (Å²) in [5, 5.41) is 6.79. The molecule has 0 amide bonds. The predicted octanol–water partition coefficient (Wildman–Crippen LogP) is 1.82. The third-order valence-electron chi connectivity index (χ3n) is 3.21. The van der Waals surface area contributed by atoms with Crippen molar-refractivity contribution in [2.45, 2.75) is 0 Å². The van der Waals surface area contributed by atoms with Gasteiger partial charge in [-0.1, -0.05) is 12.1 Å². The molecule has 3 N–H and O–H groups in total. The zero-order valence-electron chi connectivity index (χ0n) is 11.4. The third kappa shape index (κ3) is 2.27. The number of H-pyrrole nitrogens is 1. The van der Waals surface area contributed by atoms with Crippen molar-refractivity contribution in [2.24, 2.45) is 0 Å². The first-order valence-electron chi connectivity index (χ1n) is 6.37. The highest BCUT2D eigenvalue weighted by Crippen LogP contribution is 2.19. The minimum atomic E-state index is -0.252. The number of ether oxygens (including phenoxy) is 1. The van der Waals surface area contributed by atoms with Crippen LogP contribution in [0.2, 0.25) is 0 Å². The molecular weight excluding hydrogens is 268 g/mol. The summed E-state index contributed by atoms with van der Waals surface area (Å²) in [6.07, 6.45) is 0. The van der Waals surface area contributed by atoms with Crippen LogP contribution in [-0.4, -0.2) is 22.1 Å². The molecule has 1 heterocycles. The van der Waals surface area contributed by atoms with Crippen molar-refractivity contribution >= 4 is 5.69 Å². The lowest BCUT2D eigenvalue weighted by molar-refractivity contribution is 0.415. The van der Waals surface area contributed by atoms with Gasteiger partial charge in [0.2, 0.25) is 0 Å². The van der Waals surface area contributed by atoms with E-state index in [9.17, 15) is 4.79 Å². The lowest BCUT2D eigenvalue weighted by atomic mass is 10.1. The van der Waals surface area contributed by atoms with Gasteiger partial charge >= 0.3 is 0 Å². The minimum Gasteiger partial charge on any atom is -0.497 e. The molecule has 3 rings (SSSR count). The van der Waals surface area contributed by atoms with E-state index >= 15 is 0 Å². The molecule has 3 aromatic rings. The van der Waals surface area contributed by atoms with Crippen molar-refractivity contribution < 1.29 is 4.74 Å². The number of benzene rings is 2. The maximum atomic E-state index is 12.5. The van der Waals surface area contributed by atoms with Crippen LogP contribution in [0.3, 0.4) is 0 Å². The normalized spacial score (nSPS) is 10.5. The van der Waals surface area contributed by atoms with E-state index in [0.29, 0.717) is 22.6 Å². The Labute approximate surface area is 120 Å². The second-order valence-corrected chi connectivity index (χ2v) is 4.49. The Morgan fingerprint density at radius 2 is 1.86 bits per heavy atom. The highest BCUT2D eigenvalue weighted by Gasteiger charge is 2.13. The zero-order valence-corrected chi connectivity index (χ0v) is 11.4. The van der Waals surface area contributed by atoms with Crippen molar-refractivity contribution in [1.82, 2.24) is 15.0 Å². The summed E-state index contributed by atoms with van der Waals surface area (Å²) in [5.41, 5.74) is 7.76. The molecule has 0 spiro atoms. The fraction of sp³-hybridized carbons (Fsp3) is 0.0667. The van der Waals surface area contributed by atoms with Gasteiger partial charge in [-0.05, 0) is 36.4 Å². The van der Waals surface area contributed by atoms with Crippen molar-refractivity contribution in [3.8, 4) is 22.7 Å². The Morgan fingerprint density at radius 3 is 2.52 bits per heavy atom. The van der Waals surface area contributed by atoms with Crippen molar-refractivity contribution in [3.05, 3.63) is 58.9 Å². The smallest absolute Gasteiger partial charge is 0.299 e. The summed E-state index contributed by atoms with van der Waals surface area (Å²) in [6, 6.07) is 14.2. The van der Waals surface area contributed by atoms with E-state index in [1.54, 1.807) is 43.5 Å². The minimum absolute atomic E-state index is 0.252. The molecule has 0 radical (unpaired) electrons. The summed E-state index contributed by atoms with van der Waals surface area (Å²) in [4.78, 5) is 12.5. The van der Waals surface area contributed by atoms with Gasteiger partial charge in [-0.2, -0.15) is 9.78 Å². The first-order chi connectivity index (χ1) is 10.2. The Hall–Kier alpha value is -3.02. The van der Waals surface area contributed by atoms with Gasteiger partial charge in [0.05, 0.1) is 18.5 Å². The molecule has 106 valence electrons. The molecule has 6 nitrogen and oxygen atoms in total. The average Bonchev–Trinajstić information content (AvgIpc) is 2.89. The molecule has 0 aliphatic rings. The number of nitrogen functional groups attached to an aromatic ring is 1. The number of methoxy groups -OCH3 is 1. The van der Waals surface area contributed by atoms with Gasteiger partial charge in [-0.25, -0.2) is 5.21 Å². The third-order valence-corrected chi connectivity index (χ3v) is 3.21. The number of para-hydroxylation sites is 2. The Kier molecular flexibility index (Phi) is 3.19. The molecule has 21 heavy (non-hydrogen) atoms. The van der Waals surface area contributed by atoms with Gasteiger partial charge < -0.3 is 10.5 Å². The van der Waals surface area contributed by atoms with E-state index < -0.39 is 0 Å². The Bertz CT molecular complexity index is 818. The largest absolute Gasteiger partial charge is 0.497 e. The number of nitrogens with one attached hydrogen (secondary N) is 1. The molecule has 0 aliphatic heterocycles. The second-order valence-electron chi connectivity index (χ2n) is 4.49. The van der Waals surface area contributed by atoms with Crippen LogP contribution in [0, 0.1) is 0 Å². The van der Waals surface area contributed by atoms with Gasteiger partial charge in [0, 0.05) is 5.56 Å². The van der Waals surface area contributed by atoms with Crippen LogP contribution >= 0.6 is 0 Å². The van der Waals surface area contributed by atoms with Gasteiger partial charge in [0.15, 0.2) is 5.69 Å². The monoisotopic (exact) mass is 282 g/mol. The van der Waals surface area contributed by atoms with Gasteiger partial charge in [-0.15, -0.1) is 0 Å². The molecular formula is C15H14N4O2. The number of aromatic nitrogens is 3. The predicted molar refractivity (Wildman–Crippen MR) is 80.6 cm³/mol. The molecule has 0 fully saturated rings. The standard InChI is InChI=1S/C15H14N4O2/c1-21-11-8-6-10(7-9-11)14-15(20)19(18-17-14)13-5-3-2-4-12(13)16/h2-9,18H,16H2,1H3. The summed E-state index contributed by atoms with van der Waals surface area (Å²) in [6.45, 7) is 0. The highest BCUT2D eigenvalue weighted by molar-refractivity contribution is 5.61. The maximum Gasteiger partial charge on any atom is 0.299 e. The quantitative estimate of drug-likeness (QED) is 0.717. The molecule has 0 unspecified atom stereocenters. The molecule has 0 saturated carbocycles. The number of nitrogens with two attached hydrogens (primary N) is 1. The molecule has 0 atom stereocenters. The zero-order chi connectivity index (χ0) is 14.8. The van der Waals surface area contributed by atoms with Crippen LogP contribution in [0.5, 0.6) is 5.75 Å². The van der Waals surface area contributed by atoms with E-state index in [0.717, 1.165) is 5.75 Å².